The fourth-order valence-corrected chi connectivity index (χ4v) is 2.21. The van der Waals surface area contributed by atoms with E-state index in [0.717, 1.165) is 0 Å². The molecule has 6 heteroatoms. The summed E-state index contributed by atoms with van der Waals surface area (Å²) in [5, 5.41) is 18.7. The van der Waals surface area contributed by atoms with Crippen molar-refractivity contribution < 1.29 is 29.4 Å². The third-order valence-electron chi connectivity index (χ3n) is 3.24. The Hall–Kier alpha value is -2.34. The molecular weight excluding hydrogens is 264 g/mol. The Balaban J connectivity index is 2.20. The molecule has 0 aromatic heterocycles. The Bertz CT molecular complexity index is 581. The van der Waals surface area contributed by atoms with E-state index in [-0.39, 0.29) is 17.5 Å². The number of fused-ring (bicyclic) bond motifs is 1. The second-order valence-electron chi connectivity index (χ2n) is 4.67. The van der Waals surface area contributed by atoms with E-state index in [2.05, 4.69) is 0 Å². The van der Waals surface area contributed by atoms with Crippen LogP contribution in [0, 0.1) is 0 Å². The molecule has 20 heavy (non-hydrogen) atoms. The first-order valence-electron chi connectivity index (χ1n) is 6.01. The first kappa shape index (κ1) is 14.1. The van der Waals surface area contributed by atoms with Gasteiger partial charge in [0, 0.05) is 17.5 Å². The van der Waals surface area contributed by atoms with E-state index in [1.165, 1.54) is 12.1 Å². The lowest BCUT2D eigenvalue weighted by molar-refractivity contribution is -0.138. The van der Waals surface area contributed by atoms with Gasteiger partial charge < -0.3 is 10.2 Å². The second kappa shape index (κ2) is 4.97. The van der Waals surface area contributed by atoms with Gasteiger partial charge in [-0.1, -0.05) is 24.3 Å². The number of aliphatic carboxylic acids is 1. The number of rotatable bonds is 5. The number of carbonyl (C=O) groups is 4. The van der Waals surface area contributed by atoms with Crippen molar-refractivity contribution in [2.75, 3.05) is 0 Å². The fourth-order valence-electron chi connectivity index (χ4n) is 2.21. The van der Waals surface area contributed by atoms with Crippen LogP contribution in [0.25, 0.3) is 0 Å². The molecule has 1 aliphatic carbocycles. The lowest BCUT2D eigenvalue weighted by Crippen LogP contribution is -2.43. The van der Waals surface area contributed by atoms with Crippen molar-refractivity contribution in [3.63, 3.8) is 0 Å². The topological polar surface area (TPSA) is 109 Å². The standard InChI is InChI=1S/C14H12O6/c15-8(5-6-11(16)17)7-14(20)12(18)9-3-1-2-4-10(9)13(14)19/h1-4,20H,5-7H2,(H,16,17). The number of ketones is 3. The summed E-state index contributed by atoms with van der Waals surface area (Å²) in [5.41, 5.74) is -2.21. The average molecular weight is 276 g/mol. The Labute approximate surface area is 114 Å². The predicted molar refractivity (Wildman–Crippen MR) is 66.5 cm³/mol. The van der Waals surface area contributed by atoms with Crippen LogP contribution in [0.4, 0.5) is 0 Å². The maximum atomic E-state index is 12.1. The van der Waals surface area contributed by atoms with Crippen molar-refractivity contribution >= 4 is 23.3 Å². The van der Waals surface area contributed by atoms with E-state index in [1.807, 2.05) is 0 Å². The zero-order valence-electron chi connectivity index (χ0n) is 10.5. The van der Waals surface area contributed by atoms with Crippen molar-refractivity contribution in [2.45, 2.75) is 24.9 Å². The molecule has 0 spiro atoms. The van der Waals surface area contributed by atoms with Gasteiger partial charge in [-0.05, 0) is 0 Å². The first-order chi connectivity index (χ1) is 9.36. The van der Waals surface area contributed by atoms with Crippen LogP contribution in [-0.4, -0.2) is 39.1 Å². The molecule has 0 saturated carbocycles. The summed E-state index contributed by atoms with van der Waals surface area (Å²) in [6.45, 7) is 0. The normalized spacial score (nSPS) is 16.1. The number of aliphatic hydroxyl groups is 1. The van der Waals surface area contributed by atoms with Gasteiger partial charge in [0.1, 0.15) is 5.78 Å². The summed E-state index contributed by atoms with van der Waals surface area (Å²) in [5.74, 6) is -3.40. The quantitative estimate of drug-likeness (QED) is 0.763. The summed E-state index contributed by atoms with van der Waals surface area (Å²) in [6, 6.07) is 5.94. The Kier molecular flexibility index (Phi) is 3.50. The maximum Gasteiger partial charge on any atom is 0.303 e. The molecule has 1 aliphatic rings. The second-order valence-corrected chi connectivity index (χ2v) is 4.67. The molecule has 1 aromatic rings. The van der Waals surface area contributed by atoms with Crippen molar-refractivity contribution in [1.82, 2.24) is 0 Å². The van der Waals surface area contributed by atoms with Crippen LogP contribution in [0.15, 0.2) is 24.3 Å². The molecule has 0 unspecified atom stereocenters. The first-order valence-corrected chi connectivity index (χ1v) is 6.01. The minimum atomic E-state index is -2.39. The zero-order valence-corrected chi connectivity index (χ0v) is 10.5. The number of hydrogen-bond donors (Lipinski definition) is 2. The number of carboxylic acids is 1. The minimum absolute atomic E-state index is 0.0889. The van der Waals surface area contributed by atoms with Crippen LogP contribution in [0.1, 0.15) is 40.0 Å². The van der Waals surface area contributed by atoms with Gasteiger partial charge in [-0.3, -0.25) is 19.2 Å². The van der Waals surface area contributed by atoms with E-state index in [1.54, 1.807) is 12.1 Å². The SMILES string of the molecule is O=C(O)CCC(=O)CC1(O)C(=O)c2ccccc2C1=O. The van der Waals surface area contributed by atoms with Crippen LogP contribution < -0.4 is 0 Å². The summed E-state index contributed by atoms with van der Waals surface area (Å²) in [4.78, 5) is 46.1. The molecule has 0 aliphatic heterocycles. The van der Waals surface area contributed by atoms with Gasteiger partial charge in [-0.15, -0.1) is 0 Å². The van der Waals surface area contributed by atoms with Crippen molar-refractivity contribution in [1.29, 1.82) is 0 Å². The highest BCUT2D eigenvalue weighted by Crippen LogP contribution is 2.32. The van der Waals surface area contributed by atoms with E-state index in [0.29, 0.717) is 0 Å². The predicted octanol–water partition coefficient (Wildman–Crippen LogP) is 0.621. The van der Waals surface area contributed by atoms with Gasteiger partial charge >= 0.3 is 5.97 Å². The molecule has 0 amide bonds. The Morgan fingerprint density at radius 2 is 1.50 bits per heavy atom. The highest BCUT2D eigenvalue weighted by atomic mass is 16.4. The Morgan fingerprint density at radius 1 is 1.00 bits per heavy atom. The summed E-state index contributed by atoms with van der Waals surface area (Å²) < 4.78 is 0. The van der Waals surface area contributed by atoms with Crippen LogP contribution in [0.3, 0.4) is 0 Å². The fraction of sp³-hybridized carbons (Fsp3) is 0.286. The average Bonchev–Trinajstić information content (AvgIpc) is 2.60. The largest absolute Gasteiger partial charge is 0.481 e. The third kappa shape index (κ3) is 2.25. The molecule has 0 atom stereocenters. The number of benzene rings is 1. The van der Waals surface area contributed by atoms with E-state index < -0.39 is 41.8 Å². The molecule has 2 rings (SSSR count). The number of carbonyl (C=O) groups excluding carboxylic acids is 3. The molecular formula is C14H12O6. The van der Waals surface area contributed by atoms with Gasteiger partial charge in [0.15, 0.2) is 5.60 Å². The molecule has 104 valence electrons. The number of hydrogen-bond acceptors (Lipinski definition) is 5. The molecule has 0 radical (unpaired) electrons. The third-order valence-corrected chi connectivity index (χ3v) is 3.24. The van der Waals surface area contributed by atoms with Crippen molar-refractivity contribution in [2.24, 2.45) is 0 Å². The van der Waals surface area contributed by atoms with E-state index >= 15 is 0 Å². The van der Waals surface area contributed by atoms with Gasteiger partial charge in [-0.25, -0.2) is 0 Å². The summed E-state index contributed by atoms with van der Waals surface area (Å²) in [6.07, 6.45) is -1.41. The number of Topliss-reactive ketones (excluding diaryl/α,β-unsaturated/α-hetero) is 3. The van der Waals surface area contributed by atoms with Gasteiger partial charge in [0.25, 0.3) is 0 Å². The van der Waals surface area contributed by atoms with Crippen LogP contribution >= 0.6 is 0 Å². The molecule has 0 bridgehead atoms. The Morgan fingerprint density at radius 3 is 1.95 bits per heavy atom. The summed E-state index contributed by atoms with van der Waals surface area (Å²) >= 11 is 0. The molecule has 0 heterocycles. The molecule has 2 N–H and O–H groups in total. The lowest BCUT2D eigenvalue weighted by Gasteiger charge is -2.17. The zero-order chi connectivity index (χ0) is 14.9. The van der Waals surface area contributed by atoms with Crippen LogP contribution in [-0.2, 0) is 9.59 Å². The van der Waals surface area contributed by atoms with Gasteiger partial charge in [0.2, 0.25) is 11.6 Å². The van der Waals surface area contributed by atoms with E-state index in [9.17, 15) is 24.3 Å². The van der Waals surface area contributed by atoms with Gasteiger partial charge in [-0.2, -0.15) is 0 Å². The van der Waals surface area contributed by atoms with Crippen molar-refractivity contribution in [3.05, 3.63) is 35.4 Å². The van der Waals surface area contributed by atoms with Gasteiger partial charge in [0.05, 0.1) is 12.8 Å². The van der Waals surface area contributed by atoms with Crippen molar-refractivity contribution in [3.8, 4) is 0 Å². The molecule has 1 aromatic carbocycles. The maximum absolute atomic E-state index is 12.1. The molecule has 0 fully saturated rings. The van der Waals surface area contributed by atoms with Crippen LogP contribution in [0.2, 0.25) is 0 Å². The highest BCUT2D eigenvalue weighted by Gasteiger charge is 2.52. The van der Waals surface area contributed by atoms with E-state index in [4.69, 9.17) is 5.11 Å². The molecule has 6 nitrogen and oxygen atoms in total. The lowest BCUT2D eigenvalue weighted by atomic mass is 9.90. The molecule has 0 saturated heterocycles. The monoisotopic (exact) mass is 276 g/mol. The minimum Gasteiger partial charge on any atom is -0.481 e. The van der Waals surface area contributed by atoms with Crippen LogP contribution in [0.5, 0.6) is 0 Å². The number of carboxylic acid groups (broad SMARTS) is 1. The smallest absolute Gasteiger partial charge is 0.303 e. The summed E-state index contributed by atoms with van der Waals surface area (Å²) in [7, 11) is 0. The highest BCUT2D eigenvalue weighted by molar-refractivity contribution is 6.32.